The van der Waals surface area contributed by atoms with E-state index in [1.54, 1.807) is 0 Å². The van der Waals surface area contributed by atoms with E-state index >= 15 is 0 Å². The Morgan fingerprint density at radius 2 is 2.06 bits per heavy atom. The Kier molecular flexibility index (Phi) is 8.35. The summed E-state index contributed by atoms with van der Waals surface area (Å²) in [6, 6.07) is 0.161. The summed E-state index contributed by atoms with van der Waals surface area (Å²) in [7, 11) is 1.42. The van der Waals surface area contributed by atoms with Crippen LogP contribution in [-0.4, -0.2) is 44.2 Å². The third-order valence-electron chi connectivity index (χ3n) is 2.46. The van der Waals surface area contributed by atoms with E-state index in [-0.39, 0.29) is 30.8 Å². The van der Waals surface area contributed by atoms with E-state index in [1.807, 2.05) is 13.8 Å². The van der Waals surface area contributed by atoms with Crippen LogP contribution in [0.1, 0.15) is 26.7 Å². The van der Waals surface area contributed by atoms with E-state index in [4.69, 9.17) is 10.5 Å². The van der Waals surface area contributed by atoms with E-state index < -0.39 is 6.10 Å². The van der Waals surface area contributed by atoms with Crippen molar-refractivity contribution in [2.45, 2.75) is 38.8 Å². The van der Waals surface area contributed by atoms with E-state index in [2.05, 4.69) is 10.6 Å². The lowest BCUT2D eigenvalue weighted by Gasteiger charge is -2.14. The summed E-state index contributed by atoms with van der Waals surface area (Å²) in [5.74, 6) is -0.354. The van der Waals surface area contributed by atoms with E-state index in [1.165, 1.54) is 7.11 Å². The highest BCUT2D eigenvalue weighted by molar-refractivity contribution is 5.82. The molecule has 17 heavy (non-hydrogen) atoms. The maximum atomic E-state index is 11.4. The van der Waals surface area contributed by atoms with Gasteiger partial charge < -0.3 is 21.1 Å². The molecule has 4 N–H and O–H groups in total. The average molecular weight is 245 g/mol. The monoisotopic (exact) mass is 245 g/mol. The van der Waals surface area contributed by atoms with Crippen LogP contribution in [-0.2, 0) is 14.3 Å². The zero-order valence-electron chi connectivity index (χ0n) is 10.8. The zero-order chi connectivity index (χ0) is 13.3. The number of nitrogens with one attached hydrogen (secondary N) is 2. The third-order valence-corrected chi connectivity index (χ3v) is 2.46. The van der Waals surface area contributed by atoms with Crippen LogP contribution < -0.4 is 16.4 Å². The van der Waals surface area contributed by atoms with E-state index in [9.17, 15) is 9.59 Å². The number of hydrogen-bond acceptors (Lipinski definition) is 4. The van der Waals surface area contributed by atoms with Gasteiger partial charge in [-0.15, -0.1) is 0 Å². The lowest BCUT2D eigenvalue weighted by atomic mass is 10.2. The fraction of sp³-hybridized carbons (Fsp3) is 0.818. The van der Waals surface area contributed by atoms with Crippen LogP contribution in [0.4, 0.5) is 0 Å². The van der Waals surface area contributed by atoms with Crippen molar-refractivity contribution in [3.63, 3.8) is 0 Å². The number of amides is 2. The minimum absolute atomic E-state index is 0.0682. The first-order valence-corrected chi connectivity index (χ1v) is 5.85. The largest absolute Gasteiger partial charge is 0.370 e. The van der Waals surface area contributed by atoms with E-state index in [0.717, 1.165) is 6.42 Å². The molecule has 0 heterocycles. The number of hydrogen-bond donors (Lipinski definition) is 3. The molecule has 2 amide bonds. The van der Waals surface area contributed by atoms with Crippen molar-refractivity contribution in [3.05, 3.63) is 0 Å². The van der Waals surface area contributed by atoms with Crippen molar-refractivity contribution in [1.29, 1.82) is 0 Å². The number of methoxy groups -OCH3 is 1. The van der Waals surface area contributed by atoms with Crippen molar-refractivity contribution >= 4 is 11.8 Å². The van der Waals surface area contributed by atoms with Gasteiger partial charge in [0.2, 0.25) is 11.8 Å². The molecule has 2 unspecified atom stereocenters. The van der Waals surface area contributed by atoms with Gasteiger partial charge in [0.15, 0.2) is 0 Å². The number of ether oxygens (including phenoxy) is 1. The smallest absolute Gasteiger partial charge is 0.250 e. The first kappa shape index (κ1) is 15.9. The van der Waals surface area contributed by atoms with Crippen LogP contribution in [0.15, 0.2) is 0 Å². The van der Waals surface area contributed by atoms with Crippen LogP contribution in [0, 0.1) is 0 Å². The molecule has 6 nitrogen and oxygen atoms in total. The predicted molar refractivity (Wildman–Crippen MR) is 65.4 cm³/mol. The van der Waals surface area contributed by atoms with Gasteiger partial charge in [0.25, 0.3) is 0 Å². The lowest BCUT2D eigenvalue weighted by molar-refractivity contribution is -0.130. The second-order valence-corrected chi connectivity index (χ2v) is 3.88. The highest BCUT2D eigenvalue weighted by Crippen LogP contribution is 1.90. The fourth-order valence-electron chi connectivity index (χ4n) is 1.17. The molecule has 0 aromatic carbocycles. The molecule has 6 heteroatoms. The molecule has 0 spiro atoms. The van der Waals surface area contributed by atoms with Crippen LogP contribution in [0.5, 0.6) is 0 Å². The molecule has 2 atom stereocenters. The van der Waals surface area contributed by atoms with Gasteiger partial charge in [0.1, 0.15) is 6.10 Å². The van der Waals surface area contributed by atoms with Gasteiger partial charge in [0.05, 0.1) is 0 Å². The summed E-state index contributed by atoms with van der Waals surface area (Å²) < 4.78 is 4.86. The van der Waals surface area contributed by atoms with Gasteiger partial charge in [-0.25, -0.2) is 0 Å². The molecule has 0 saturated heterocycles. The SMILES string of the molecule is CCC(C)NC(=O)CCNC(=O)C(CN)OC. The first-order valence-electron chi connectivity index (χ1n) is 5.85. The molecule has 0 rings (SSSR count). The predicted octanol–water partition coefficient (Wildman–Crippen LogP) is -0.619. The van der Waals surface area contributed by atoms with Crippen LogP contribution >= 0.6 is 0 Å². The Morgan fingerprint density at radius 1 is 1.41 bits per heavy atom. The maximum absolute atomic E-state index is 11.4. The van der Waals surface area contributed by atoms with Crippen LogP contribution in [0.3, 0.4) is 0 Å². The molecule has 0 aromatic rings. The van der Waals surface area contributed by atoms with E-state index in [0.29, 0.717) is 6.54 Å². The molecule has 0 aromatic heterocycles. The van der Waals surface area contributed by atoms with Gasteiger partial charge in [-0.3, -0.25) is 9.59 Å². The highest BCUT2D eigenvalue weighted by Gasteiger charge is 2.15. The summed E-state index contributed by atoms with van der Waals surface area (Å²) in [5, 5.41) is 5.42. The van der Waals surface area contributed by atoms with Crippen molar-refractivity contribution in [2.24, 2.45) is 5.73 Å². The molecule has 0 saturated carbocycles. The molecule has 0 bridgehead atoms. The van der Waals surface area contributed by atoms with Gasteiger partial charge in [0, 0.05) is 32.7 Å². The van der Waals surface area contributed by atoms with Crippen LogP contribution in [0.25, 0.3) is 0 Å². The summed E-state index contributed by atoms with van der Waals surface area (Å²) in [4.78, 5) is 22.8. The Bertz CT molecular complexity index is 242. The zero-order valence-corrected chi connectivity index (χ0v) is 10.8. The molecule has 0 aliphatic rings. The van der Waals surface area contributed by atoms with Gasteiger partial charge in [-0.05, 0) is 13.3 Å². The molecular formula is C11H23N3O3. The molecule has 100 valence electrons. The Balaban J connectivity index is 3.76. The van der Waals surface area contributed by atoms with Crippen molar-refractivity contribution in [3.8, 4) is 0 Å². The number of carbonyl (C=O) groups excluding carboxylic acids is 2. The molecule has 0 aliphatic carbocycles. The first-order chi connectivity index (χ1) is 8.04. The highest BCUT2D eigenvalue weighted by atomic mass is 16.5. The fourth-order valence-corrected chi connectivity index (χ4v) is 1.17. The minimum Gasteiger partial charge on any atom is -0.370 e. The van der Waals surface area contributed by atoms with Crippen molar-refractivity contribution in [1.82, 2.24) is 10.6 Å². The Morgan fingerprint density at radius 3 is 2.53 bits per heavy atom. The maximum Gasteiger partial charge on any atom is 0.250 e. The summed E-state index contributed by atoms with van der Waals surface area (Å²) in [6.07, 6.45) is 0.501. The number of nitrogens with two attached hydrogens (primary N) is 1. The second-order valence-electron chi connectivity index (χ2n) is 3.88. The molecule has 0 aliphatic heterocycles. The third kappa shape index (κ3) is 6.91. The standard InChI is InChI=1S/C11H23N3O3/c1-4-8(2)14-10(15)5-6-13-11(16)9(7-12)17-3/h8-9H,4-7,12H2,1-3H3,(H,13,16)(H,14,15). The topological polar surface area (TPSA) is 93.5 Å². The van der Waals surface area contributed by atoms with Crippen LogP contribution in [0.2, 0.25) is 0 Å². The summed E-state index contributed by atoms with van der Waals surface area (Å²) in [6.45, 7) is 4.35. The average Bonchev–Trinajstić information content (AvgIpc) is 2.30. The van der Waals surface area contributed by atoms with Gasteiger partial charge >= 0.3 is 0 Å². The van der Waals surface area contributed by atoms with Gasteiger partial charge in [-0.2, -0.15) is 0 Å². The molecule has 0 fully saturated rings. The lowest BCUT2D eigenvalue weighted by Crippen LogP contribution is -2.42. The Labute approximate surface area is 102 Å². The second kappa shape index (κ2) is 8.95. The van der Waals surface area contributed by atoms with Gasteiger partial charge in [-0.1, -0.05) is 6.92 Å². The minimum atomic E-state index is -0.646. The number of carbonyl (C=O) groups is 2. The summed E-state index contributed by atoms with van der Waals surface area (Å²) >= 11 is 0. The Hall–Kier alpha value is -1.14. The quantitative estimate of drug-likeness (QED) is 0.531. The normalized spacial score (nSPS) is 13.9. The summed E-state index contributed by atoms with van der Waals surface area (Å²) in [5.41, 5.74) is 5.33. The molecular weight excluding hydrogens is 222 g/mol. The number of rotatable bonds is 8. The van der Waals surface area contributed by atoms with Crippen molar-refractivity contribution < 1.29 is 14.3 Å². The van der Waals surface area contributed by atoms with Crippen molar-refractivity contribution in [2.75, 3.05) is 20.2 Å². The molecule has 0 radical (unpaired) electrons.